The molecule has 2 bridgehead atoms. The molecule has 3 unspecified atom stereocenters. The van der Waals surface area contributed by atoms with E-state index in [1.807, 2.05) is 40.0 Å². The van der Waals surface area contributed by atoms with Gasteiger partial charge < -0.3 is 14.4 Å². The summed E-state index contributed by atoms with van der Waals surface area (Å²) in [7, 11) is 0. The number of aromatic nitrogens is 1. The first kappa shape index (κ1) is 30.4. The van der Waals surface area contributed by atoms with Crippen LogP contribution in [0.2, 0.25) is 0 Å². The number of aryl methyl sites for hydroxylation is 1. The molecule has 0 N–H and O–H groups in total. The summed E-state index contributed by atoms with van der Waals surface area (Å²) in [6, 6.07) is 3.27. The Balaban J connectivity index is 1.92. The molecule has 1 aromatic carbocycles. The molecule has 40 heavy (non-hydrogen) atoms. The minimum absolute atomic E-state index is 0.00346. The largest absolute Gasteiger partial charge is 0.444 e. The fraction of sp³-hybridized carbons (Fsp3) is 0.586. The fourth-order valence-corrected chi connectivity index (χ4v) is 6.59. The van der Waals surface area contributed by atoms with E-state index in [2.05, 4.69) is 27.0 Å². The van der Waals surface area contributed by atoms with E-state index in [1.165, 1.54) is 11.8 Å². The second-order valence-electron chi connectivity index (χ2n) is 12.3. The van der Waals surface area contributed by atoms with Crippen molar-refractivity contribution in [3.05, 3.63) is 27.5 Å². The Bertz CT molecular complexity index is 1400. The van der Waals surface area contributed by atoms with Crippen LogP contribution in [-0.4, -0.2) is 58.2 Å². The summed E-state index contributed by atoms with van der Waals surface area (Å²) >= 11 is 4.73. The van der Waals surface area contributed by atoms with Gasteiger partial charge in [-0.3, -0.25) is 4.90 Å². The van der Waals surface area contributed by atoms with Crippen molar-refractivity contribution in [3.63, 3.8) is 0 Å². The van der Waals surface area contributed by atoms with Gasteiger partial charge in [0, 0.05) is 29.8 Å². The van der Waals surface area contributed by atoms with Gasteiger partial charge in [0.2, 0.25) is 0 Å². The van der Waals surface area contributed by atoms with Gasteiger partial charge in [-0.05, 0) is 95.1 Å². The molecule has 3 atom stereocenters. The number of rotatable bonds is 5. The highest BCUT2D eigenvalue weighted by molar-refractivity contribution is 9.10. The molecule has 2 aromatic rings. The lowest BCUT2D eigenvalue weighted by atomic mass is 9.78. The fourth-order valence-electron chi connectivity index (χ4n) is 5.51. The summed E-state index contributed by atoms with van der Waals surface area (Å²) in [4.78, 5) is 35.0. The standard InChI is InChI=1S/C29H36BrFN4O4S/c1-15-23(18-12-16(10-9-11-32)20(30)21(31)22(18)33-25(15)40-8)35(27(37)39-29(5,6)7)24-17-13-19(24)34(14-17)26(36)38-28(2,3)4/h12,17,19,24H,9-10,13-14H2,1-8H3. The predicted molar refractivity (Wildman–Crippen MR) is 157 cm³/mol. The number of hydrogen-bond donors (Lipinski definition) is 0. The molecule has 2 amide bonds. The molecule has 2 aliphatic heterocycles. The zero-order valence-corrected chi connectivity index (χ0v) is 26.6. The molecule has 216 valence electrons. The molecule has 3 heterocycles. The van der Waals surface area contributed by atoms with Crippen LogP contribution in [0.25, 0.3) is 10.9 Å². The van der Waals surface area contributed by atoms with Crippen molar-refractivity contribution < 1.29 is 23.5 Å². The number of amides is 2. The number of carbonyl (C=O) groups excluding carboxylic acids is 2. The van der Waals surface area contributed by atoms with Crippen LogP contribution < -0.4 is 4.90 Å². The lowest BCUT2D eigenvalue weighted by molar-refractivity contribution is 0.0216. The van der Waals surface area contributed by atoms with Crippen LogP contribution in [0.5, 0.6) is 0 Å². The topological polar surface area (TPSA) is 95.8 Å². The van der Waals surface area contributed by atoms with Crippen molar-refractivity contribution in [2.24, 2.45) is 5.92 Å². The van der Waals surface area contributed by atoms with Crippen LogP contribution in [0.15, 0.2) is 15.6 Å². The highest BCUT2D eigenvalue weighted by Crippen LogP contribution is 2.49. The number of fused-ring (bicyclic) bond motifs is 2. The van der Waals surface area contributed by atoms with Crippen molar-refractivity contribution in [1.82, 2.24) is 9.88 Å². The third-order valence-corrected chi connectivity index (χ3v) is 8.75. The number of nitrogens with zero attached hydrogens (tertiary/aromatic N) is 4. The normalized spacial score (nSPS) is 20.2. The Hall–Kier alpha value is -2.58. The van der Waals surface area contributed by atoms with Gasteiger partial charge in [-0.2, -0.15) is 5.26 Å². The lowest BCUT2D eigenvalue weighted by Crippen LogP contribution is -2.59. The quantitative estimate of drug-likeness (QED) is 0.317. The van der Waals surface area contributed by atoms with Gasteiger partial charge in [0.05, 0.1) is 28.3 Å². The van der Waals surface area contributed by atoms with E-state index < -0.39 is 29.2 Å². The van der Waals surface area contributed by atoms with Gasteiger partial charge in [-0.15, -0.1) is 11.8 Å². The Labute approximate surface area is 247 Å². The minimum Gasteiger partial charge on any atom is -0.444 e. The third-order valence-electron chi connectivity index (χ3n) is 7.11. The van der Waals surface area contributed by atoms with Crippen molar-refractivity contribution >= 4 is 56.5 Å². The van der Waals surface area contributed by atoms with E-state index in [1.54, 1.807) is 30.6 Å². The van der Waals surface area contributed by atoms with E-state index in [4.69, 9.17) is 14.7 Å². The van der Waals surface area contributed by atoms with E-state index in [-0.39, 0.29) is 34.4 Å². The predicted octanol–water partition coefficient (Wildman–Crippen LogP) is 7.37. The average Bonchev–Trinajstić information content (AvgIpc) is 3.43. The molecule has 1 saturated carbocycles. The van der Waals surface area contributed by atoms with Crippen molar-refractivity contribution in [1.29, 1.82) is 5.26 Å². The number of ether oxygens (including phenoxy) is 2. The molecule has 1 aromatic heterocycles. The highest BCUT2D eigenvalue weighted by Gasteiger charge is 2.59. The van der Waals surface area contributed by atoms with Crippen LogP contribution in [-0.2, 0) is 15.9 Å². The maximum absolute atomic E-state index is 15.8. The summed E-state index contributed by atoms with van der Waals surface area (Å²) in [5.41, 5.74) is 0.533. The molecule has 2 saturated heterocycles. The number of anilines is 1. The minimum atomic E-state index is -0.783. The molecule has 5 rings (SSSR count). The van der Waals surface area contributed by atoms with Gasteiger partial charge >= 0.3 is 12.2 Å². The van der Waals surface area contributed by atoms with E-state index in [0.717, 1.165) is 6.42 Å². The van der Waals surface area contributed by atoms with Gasteiger partial charge in [0.1, 0.15) is 21.7 Å². The molecule has 3 fully saturated rings. The number of benzene rings is 1. The van der Waals surface area contributed by atoms with Gasteiger partial charge in [-0.25, -0.2) is 19.0 Å². The monoisotopic (exact) mass is 634 g/mol. The number of pyridine rings is 1. The van der Waals surface area contributed by atoms with Gasteiger partial charge in [0.25, 0.3) is 0 Å². The van der Waals surface area contributed by atoms with Crippen LogP contribution in [0.3, 0.4) is 0 Å². The number of nitriles is 1. The maximum atomic E-state index is 15.8. The smallest absolute Gasteiger partial charge is 0.415 e. The van der Waals surface area contributed by atoms with Gasteiger partial charge in [-0.1, -0.05) is 0 Å². The van der Waals surface area contributed by atoms with Crippen LogP contribution in [0, 0.1) is 30.0 Å². The second kappa shape index (κ2) is 11.0. The molecular formula is C29H36BrFN4O4S. The molecule has 3 aliphatic rings. The Morgan fingerprint density at radius 2 is 1.90 bits per heavy atom. The molecular weight excluding hydrogens is 599 g/mol. The van der Waals surface area contributed by atoms with Gasteiger partial charge in [0.15, 0.2) is 5.82 Å². The zero-order chi connectivity index (χ0) is 29.7. The van der Waals surface area contributed by atoms with Crippen molar-refractivity contribution in [2.45, 2.75) is 96.0 Å². The Kier molecular flexibility index (Phi) is 8.36. The first-order chi connectivity index (χ1) is 18.6. The van der Waals surface area contributed by atoms with Crippen molar-refractivity contribution in [2.75, 3.05) is 17.7 Å². The van der Waals surface area contributed by atoms with Crippen molar-refractivity contribution in [3.8, 4) is 6.07 Å². The van der Waals surface area contributed by atoms with E-state index in [9.17, 15) is 9.59 Å². The lowest BCUT2D eigenvalue weighted by Gasteiger charge is -2.45. The Morgan fingerprint density at radius 1 is 1.25 bits per heavy atom. The maximum Gasteiger partial charge on any atom is 0.415 e. The summed E-state index contributed by atoms with van der Waals surface area (Å²) < 4.78 is 27.7. The zero-order valence-electron chi connectivity index (χ0n) is 24.2. The molecule has 11 heteroatoms. The summed E-state index contributed by atoms with van der Waals surface area (Å²) in [6.45, 7) is 13.2. The number of hydrogen-bond acceptors (Lipinski definition) is 7. The molecule has 1 aliphatic carbocycles. The van der Waals surface area contributed by atoms with E-state index in [0.29, 0.717) is 40.2 Å². The Morgan fingerprint density at radius 3 is 2.48 bits per heavy atom. The molecule has 0 spiro atoms. The molecule has 8 nitrogen and oxygen atoms in total. The SMILES string of the molecule is CSc1nc2c(F)c(Br)c(CCC#N)cc2c(N(C(=O)OC(C)(C)C)C2C3CC2N(C(=O)OC(C)(C)C)C3)c1C. The number of thioether (sulfide) groups is 1. The second-order valence-corrected chi connectivity index (χ2v) is 13.9. The van der Waals surface area contributed by atoms with Crippen LogP contribution in [0.4, 0.5) is 19.7 Å². The number of carbonyl (C=O) groups is 2. The summed E-state index contributed by atoms with van der Waals surface area (Å²) in [5, 5.41) is 10.2. The van der Waals surface area contributed by atoms with Crippen LogP contribution >= 0.6 is 27.7 Å². The average molecular weight is 636 g/mol. The first-order valence-electron chi connectivity index (χ1n) is 13.3. The summed E-state index contributed by atoms with van der Waals surface area (Å²) in [6.07, 6.45) is 2.15. The molecule has 0 radical (unpaired) electrons. The summed E-state index contributed by atoms with van der Waals surface area (Å²) in [5.74, 6) is -0.540. The third kappa shape index (κ3) is 5.75. The number of halogens is 2. The first-order valence-corrected chi connectivity index (χ1v) is 15.3. The van der Waals surface area contributed by atoms with E-state index >= 15 is 4.39 Å². The highest BCUT2D eigenvalue weighted by atomic mass is 79.9. The van der Waals surface area contributed by atoms with Crippen LogP contribution in [0.1, 0.15) is 65.5 Å².